The van der Waals surface area contributed by atoms with Crippen molar-refractivity contribution in [1.82, 2.24) is 0 Å². The maximum absolute atomic E-state index is 9.97. The zero-order valence-electron chi connectivity index (χ0n) is 15.9. The zero-order valence-corrected chi connectivity index (χ0v) is 15.9. The van der Waals surface area contributed by atoms with Gasteiger partial charge in [-0.25, -0.2) is 0 Å². The zero-order chi connectivity index (χ0) is 18.4. The maximum atomic E-state index is 9.97. The van der Waals surface area contributed by atoms with Gasteiger partial charge in [0.2, 0.25) is 0 Å². The van der Waals surface area contributed by atoms with Gasteiger partial charge in [0.15, 0.2) is 0 Å². The number of phenols is 1. The van der Waals surface area contributed by atoms with Gasteiger partial charge in [0, 0.05) is 30.6 Å². The van der Waals surface area contributed by atoms with Gasteiger partial charge in [-0.15, -0.1) is 0 Å². The molecule has 25 heavy (non-hydrogen) atoms. The number of aliphatic hydroxyl groups excluding tert-OH is 1. The van der Waals surface area contributed by atoms with Gasteiger partial charge in [0.1, 0.15) is 5.75 Å². The van der Waals surface area contributed by atoms with Gasteiger partial charge in [-0.2, -0.15) is 0 Å². The molecule has 0 amide bonds. The molecule has 2 N–H and O–H groups in total. The number of para-hydroxylation sites is 1. The van der Waals surface area contributed by atoms with E-state index in [0.29, 0.717) is 11.8 Å². The largest absolute Gasteiger partial charge is 0.508 e. The SMILES string of the molecule is CC(C)c1cccc(C(C)C)c1N(CCCCO)c1cccc(O)c1. The van der Waals surface area contributed by atoms with Gasteiger partial charge >= 0.3 is 0 Å². The number of rotatable bonds is 8. The van der Waals surface area contributed by atoms with Crippen molar-refractivity contribution in [2.24, 2.45) is 0 Å². The monoisotopic (exact) mass is 341 g/mol. The van der Waals surface area contributed by atoms with Crippen LogP contribution in [0.15, 0.2) is 42.5 Å². The fraction of sp³-hybridized carbons (Fsp3) is 0.455. The van der Waals surface area contributed by atoms with E-state index in [4.69, 9.17) is 0 Å². The lowest BCUT2D eigenvalue weighted by atomic mass is 9.91. The lowest BCUT2D eigenvalue weighted by molar-refractivity contribution is 0.285. The first-order valence-electron chi connectivity index (χ1n) is 9.26. The van der Waals surface area contributed by atoms with Gasteiger partial charge in [-0.1, -0.05) is 52.0 Å². The summed E-state index contributed by atoms with van der Waals surface area (Å²) in [4.78, 5) is 2.31. The Morgan fingerprint density at radius 2 is 1.48 bits per heavy atom. The van der Waals surface area contributed by atoms with E-state index in [1.54, 1.807) is 6.07 Å². The van der Waals surface area contributed by atoms with Gasteiger partial charge in [0.25, 0.3) is 0 Å². The molecule has 2 aromatic rings. The standard InChI is InChI=1S/C22H31NO2/c1-16(2)20-11-8-12-21(17(3)4)22(20)23(13-5-6-14-24)18-9-7-10-19(25)15-18/h7-12,15-17,24-25H,5-6,13-14H2,1-4H3. The summed E-state index contributed by atoms with van der Waals surface area (Å²) in [5.41, 5.74) is 4.88. The Hall–Kier alpha value is -2.00. The Morgan fingerprint density at radius 1 is 0.880 bits per heavy atom. The van der Waals surface area contributed by atoms with Crippen LogP contribution in [0.5, 0.6) is 5.75 Å². The third kappa shape index (κ3) is 4.76. The van der Waals surface area contributed by atoms with E-state index >= 15 is 0 Å². The predicted octanol–water partition coefficient (Wildman–Crippen LogP) is 5.55. The number of anilines is 2. The van der Waals surface area contributed by atoms with Crippen LogP contribution in [0.2, 0.25) is 0 Å². The first-order valence-corrected chi connectivity index (χ1v) is 9.26. The number of benzene rings is 2. The second-order valence-electron chi connectivity index (χ2n) is 7.20. The molecule has 2 aromatic carbocycles. The van der Waals surface area contributed by atoms with Crippen molar-refractivity contribution in [3.05, 3.63) is 53.6 Å². The Labute approximate surface area is 151 Å². The Balaban J connectivity index is 2.59. The minimum atomic E-state index is 0.205. The summed E-state index contributed by atoms with van der Waals surface area (Å²) in [5, 5.41) is 19.2. The van der Waals surface area contributed by atoms with Crippen LogP contribution in [0, 0.1) is 0 Å². The second-order valence-corrected chi connectivity index (χ2v) is 7.20. The van der Waals surface area contributed by atoms with Crippen LogP contribution in [-0.4, -0.2) is 23.4 Å². The Kier molecular flexibility index (Phi) is 6.89. The molecule has 0 saturated carbocycles. The average molecular weight is 341 g/mol. The Bertz CT molecular complexity index is 653. The number of aromatic hydroxyl groups is 1. The highest BCUT2D eigenvalue weighted by atomic mass is 16.3. The lowest BCUT2D eigenvalue weighted by Crippen LogP contribution is -2.22. The highest BCUT2D eigenvalue weighted by Crippen LogP contribution is 2.39. The molecule has 0 heterocycles. The number of nitrogens with zero attached hydrogens (tertiary/aromatic N) is 1. The number of aliphatic hydroxyl groups is 1. The number of phenolic OH excluding ortho intramolecular Hbond substituents is 1. The quantitative estimate of drug-likeness (QED) is 0.619. The smallest absolute Gasteiger partial charge is 0.117 e. The molecule has 0 spiro atoms. The summed E-state index contributed by atoms with van der Waals surface area (Å²) in [6.45, 7) is 9.90. The molecule has 3 nitrogen and oxygen atoms in total. The van der Waals surface area contributed by atoms with Crippen LogP contribution < -0.4 is 4.90 Å². The highest BCUT2D eigenvalue weighted by molar-refractivity contribution is 5.72. The average Bonchev–Trinajstić information content (AvgIpc) is 2.58. The second kappa shape index (κ2) is 8.91. The molecule has 0 radical (unpaired) electrons. The van der Waals surface area contributed by atoms with Crippen LogP contribution in [-0.2, 0) is 0 Å². The summed E-state index contributed by atoms with van der Waals surface area (Å²) in [6.07, 6.45) is 1.67. The van der Waals surface area contributed by atoms with E-state index in [1.165, 1.54) is 16.8 Å². The van der Waals surface area contributed by atoms with E-state index in [2.05, 4.69) is 50.8 Å². The van der Waals surface area contributed by atoms with Crippen molar-refractivity contribution in [1.29, 1.82) is 0 Å². The molecule has 0 aromatic heterocycles. The van der Waals surface area contributed by atoms with E-state index in [0.717, 1.165) is 25.1 Å². The molecule has 0 aliphatic heterocycles. The molecule has 0 aliphatic carbocycles. The summed E-state index contributed by atoms with van der Waals surface area (Å²) < 4.78 is 0. The van der Waals surface area contributed by atoms with Gasteiger partial charge < -0.3 is 15.1 Å². The summed E-state index contributed by atoms with van der Waals surface area (Å²) in [6, 6.07) is 14.0. The van der Waals surface area contributed by atoms with Gasteiger partial charge in [-0.3, -0.25) is 0 Å². The number of hydrogen-bond donors (Lipinski definition) is 2. The van der Waals surface area contributed by atoms with E-state index in [1.807, 2.05) is 18.2 Å². The lowest BCUT2D eigenvalue weighted by Gasteiger charge is -2.32. The summed E-state index contributed by atoms with van der Waals surface area (Å²) in [5.74, 6) is 1.09. The normalized spacial score (nSPS) is 11.3. The highest BCUT2D eigenvalue weighted by Gasteiger charge is 2.20. The van der Waals surface area contributed by atoms with Crippen molar-refractivity contribution in [2.75, 3.05) is 18.1 Å². The molecular formula is C22H31NO2. The molecule has 136 valence electrons. The van der Waals surface area contributed by atoms with Crippen molar-refractivity contribution in [3.8, 4) is 5.75 Å². The molecule has 0 atom stereocenters. The first-order chi connectivity index (χ1) is 12.0. The third-order valence-corrected chi connectivity index (χ3v) is 4.54. The van der Waals surface area contributed by atoms with Gasteiger partial charge in [-0.05, 0) is 47.9 Å². The van der Waals surface area contributed by atoms with Crippen molar-refractivity contribution < 1.29 is 10.2 Å². The molecular weight excluding hydrogens is 310 g/mol. The van der Waals surface area contributed by atoms with Crippen molar-refractivity contribution in [2.45, 2.75) is 52.4 Å². The van der Waals surface area contributed by atoms with Crippen molar-refractivity contribution in [3.63, 3.8) is 0 Å². The minimum Gasteiger partial charge on any atom is -0.508 e. The third-order valence-electron chi connectivity index (χ3n) is 4.54. The molecule has 0 saturated heterocycles. The molecule has 0 fully saturated rings. The Morgan fingerprint density at radius 3 is 2.00 bits per heavy atom. The summed E-state index contributed by atoms with van der Waals surface area (Å²) in [7, 11) is 0. The van der Waals surface area contributed by atoms with Crippen LogP contribution in [0.4, 0.5) is 11.4 Å². The molecule has 0 unspecified atom stereocenters. The topological polar surface area (TPSA) is 43.7 Å². The van der Waals surface area contributed by atoms with E-state index in [-0.39, 0.29) is 12.4 Å². The number of unbranched alkanes of at least 4 members (excludes halogenated alkanes) is 1. The van der Waals surface area contributed by atoms with Crippen LogP contribution in [0.25, 0.3) is 0 Å². The predicted molar refractivity (Wildman–Crippen MR) is 106 cm³/mol. The first kappa shape index (κ1) is 19.3. The molecule has 0 aliphatic rings. The van der Waals surface area contributed by atoms with Gasteiger partial charge in [0.05, 0.1) is 0 Å². The number of hydrogen-bond acceptors (Lipinski definition) is 3. The molecule has 3 heteroatoms. The fourth-order valence-electron chi connectivity index (χ4n) is 3.24. The van der Waals surface area contributed by atoms with Crippen LogP contribution in [0.1, 0.15) is 63.5 Å². The van der Waals surface area contributed by atoms with E-state index in [9.17, 15) is 10.2 Å². The van der Waals surface area contributed by atoms with Crippen molar-refractivity contribution >= 4 is 11.4 Å². The fourth-order valence-corrected chi connectivity index (χ4v) is 3.24. The van der Waals surface area contributed by atoms with E-state index < -0.39 is 0 Å². The summed E-state index contributed by atoms with van der Waals surface area (Å²) >= 11 is 0. The van der Waals surface area contributed by atoms with Crippen LogP contribution >= 0.6 is 0 Å². The maximum Gasteiger partial charge on any atom is 0.117 e. The molecule has 0 bridgehead atoms. The molecule has 2 rings (SSSR count). The minimum absolute atomic E-state index is 0.205. The van der Waals surface area contributed by atoms with Crippen LogP contribution in [0.3, 0.4) is 0 Å².